The third-order valence-electron chi connectivity index (χ3n) is 5.91. The van der Waals surface area contributed by atoms with Gasteiger partial charge in [0.25, 0.3) is 0 Å². The summed E-state index contributed by atoms with van der Waals surface area (Å²) in [4.78, 5) is 38.7. The number of amides is 2. The van der Waals surface area contributed by atoms with Crippen molar-refractivity contribution in [2.45, 2.75) is 69.6 Å². The highest BCUT2D eigenvalue weighted by Crippen LogP contribution is 2.45. The zero-order valence-corrected chi connectivity index (χ0v) is 15.2. The van der Waals surface area contributed by atoms with Gasteiger partial charge in [0, 0.05) is 24.8 Å². The molecule has 3 rings (SSSR count). The van der Waals surface area contributed by atoms with E-state index in [1.807, 2.05) is 19.1 Å². The van der Waals surface area contributed by atoms with Crippen molar-refractivity contribution in [2.24, 2.45) is 11.8 Å². The molecule has 7 heteroatoms. The third-order valence-corrected chi connectivity index (χ3v) is 5.91. The highest BCUT2D eigenvalue weighted by atomic mass is 16.4. The number of carbonyl (C=O) groups excluding carboxylic acids is 2. The van der Waals surface area contributed by atoms with Crippen molar-refractivity contribution in [1.29, 1.82) is 0 Å². The normalized spacial score (nSPS) is 39.8. The first-order chi connectivity index (χ1) is 12.3. The summed E-state index contributed by atoms with van der Waals surface area (Å²) in [6.45, 7) is 1.99. The Balaban J connectivity index is 1.83. The standard InChI is InChI=1S/C19H28N2O5/c1-12-7-5-3-2-4-6-8-13-10-19(13,18(25)26)20-16(23)15-9-14(22)11-21(15)17(12)24/h6,8,12-15,22H,2-5,7,9-11H2,1H3,(H,20,23)(H,25,26)/b8-6-/t12-,13+,14+,15?,19+/m0/s1. The summed E-state index contributed by atoms with van der Waals surface area (Å²) in [6, 6.07) is -0.800. The molecular weight excluding hydrogens is 336 g/mol. The number of aliphatic carboxylic acids is 1. The van der Waals surface area contributed by atoms with E-state index in [-0.39, 0.29) is 30.7 Å². The summed E-state index contributed by atoms with van der Waals surface area (Å²) >= 11 is 0. The van der Waals surface area contributed by atoms with E-state index in [4.69, 9.17) is 0 Å². The van der Waals surface area contributed by atoms with Gasteiger partial charge in [-0.25, -0.2) is 4.79 Å². The molecule has 0 radical (unpaired) electrons. The van der Waals surface area contributed by atoms with Crippen LogP contribution in [0.4, 0.5) is 0 Å². The van der Waals surface area contributed by atoms with E-state index in [1.54, 1.807) is 0 Å². The minimum Gasteiger partial charge on any atom is -0.479 e. The predicted molar refractivity (Wildman–Crippen MR) is 94.1 cm³/mol. The second-order valence-electron chi connectivity index (χ2n) is 7.94. The SMILES string of the molecule is C[C@H]1CCCCC/C=C\[C@@H]2C[C@@]2(C(=O)O)NC(=O)C2C[C@@H](O)CN2C1=O. The van der Waals surface area contributed by atoms with Crippen LogP contribution in [-0.2, 0) is 14.4 Å². The van der Waals surface area contributed by atoms with Crippen LogP contribution in [-0.4, -0.2) is 57.1 Å². The lowest BCUT2D eigenvalue weighted by atomic mass is 10.0. The largest absolute Gasteiger partial charge is 0.479 e. The van der Waals surface area contributed by atoms with Crippen LogP contribution in [0.1, 0.15) is 51.9 Å². The zero-order chi connectivity index (χ0) is 18.9. The van der Waals surface area contributed by atoms with Gasteiger partial charge in [0.2, 0.25) is 11.8 Å². The number of nitrogens with zero attached hydrogens (tertiary/aromatic N) is 1. The Morgan fingerprint density at radius 3 is 2.81 bits per heavy atom. The van der Waals surface area contributed by atoms with E-state index < -0.39 is 29.6 Å². The Morgan fingerprint density at radius 1 is 1.31 bits per heavy atom. The molecule has 2 amide bonds. The summed E-state index contributed by atoms with van der Waals surface area (Å²) in [5.74, 6) is -2.09. The van der Waals surface area contributed by atoms with Crippen LogP contribution in [0.15, 0.2) is 12.2 Å². The molecule has 3 N–H and O–H groups in total. The minimum absolute atomic E-state index is 0.130. The first kappa shape index (κ1) is 18.9. The summed E-state index contributed by atoms with van der Waals surface area (Å²) < 4.78 is 0. The van der Waals surface area contributed by atoms with Crippen molar-refractivity contribution in [3.8, 4) is 0 Å². The van der Waals surface area contributed by atoms with Gasteiger partial charge in [0.05, 0.1) is 6.10 Å². The number of nitrogens with one attached hydrogen (secondary N) is 1. The number of hydrogen-bond donors (Lipinski definition) is 3. The zero-order valence-electron chi connectivity index (χ0n) is 15.2. The molecule has 0 bridgehead atoms. The fraction of sp³-hybridized carbons (Fsp3) is 0.737. The number of fused-ring (bicyclic) bond motifs is 2. The number of carbonyl (C=O) groups is 3. The molecule has 0 aromatic heterocycles. The fourth-order valence-electron chi connectivity index (χ4n) is 4.13. The first-order valence-corrected chi connectivity index (χ1v) is 9.56. The van der Waals surface area contributed by atoms with Crippen LogP contribution in [0, 0.1) is 11.8 Å². The van der Waals surface area contributed by atoms with Gasteiger partial charge in [0.15, 0.2) is 0 Å². The van der Waals surface area contributed by atoms with Gasteiger partial charge < -0.3 is 20.4 Å². The van der Waals surface area contributed by atoms with Gasteiger partial charge in [-0.05, 0) is 25.7 Å². The van der Waals surface area contributed by atoms with Crippen LogP contribution in [0.5, 0.6) is 0 Å². The summed E-state index contributed by atoms with van der Waals surface area (Å²) in [5.41, 5.74) is -1.28. The topological polar surface area (TPSA) is 107 Å². The monoisotopic (exact) mass is 364 g/mol. The number of aliphatic hydroxyl groups excluding tert-OH is 1. The molecule has 144 valence electrons. The maximum absolute atomic E-state index is 12.8. The van der Waals surface area contributed by atoms with Crippen molar-refractivity contribution in [3.05, 3.63) is 12.2 Å². The summed E-state index contributed by atoms with van der Waals surface area (Å²) in [5, 5.41) is 22.3. The Bertz CT molecular complexity index is 619. The molecule has 7 nitrogen and oxygen atoms in total. The molecule has 1 aliphatic carbocycles. The Kier molecular flexibility index (Phi) is 5.37. The maximum Gasteiger partial charge on any atom is 0.330 e. The number of aliphatic hydroxyl groups is 1. The first-order valence-electron chi connectivity index (χ1n) is 9.56. The Morgan fingerprint density at radius 2 is 2.08 bits per heavy atom. The second kappa shape index (κ2) is 7.39. The average molecular weight is 364 g/mol. The molecule has 1 saturated heterocycles. The molecule has 1 unspecified atom stereocenters. The van der Waals surface area contributed by atoms with Gasteiger partial charge in [-0.3, -0.25) is 9.59 Å². The molecule has 0 spiro atoms. The van der Waals surface area contributed by atoms with Crippen molar-refractivity contribution < 1.29 is 24.6 Å². The highest BCUT2D eigenvalue weighted by Gasteiger charge is 2.61. The number of carboxylic acids is 1. The van der Waals surface area contributed by atoms with E-state index in [1.165, 1.54) is 4.90 Å². The quantitative estimate of drug-likeness (QED) is 0.603. The molecule has 3 aliphatic rings. The molecule has 1 saturated carbocycles. The molecule has 0 aromatic carbocycles. The van der Waals surface area contributed by atoms with E-state index in [9.17, 15) is 24.6 Å². The van der Waals surface area contributed by atoms with E-state index in [0.29, 0.717) is 6.42 Å². The molecule has 5 atom stereocenters. The second-order valence-corrected chi connectivity index (χ2v) is 7.94. The fourth-order valence-corrected chi connectivity index (χ4v) is 4.13. The van der Waals surface area contributed by atoms with Crippen molar-refractivity contribution in [3.63, 3.8) is 0 Å². The van der Waals surface area contributed by atoms with Crippen LogP contribution < -0.4 is 5.32 Å². The van der Waals surface area contributed by atoms with Crippen LogP contribution in [0.3, 0.4) is 0 Å². The lowest BCUT2D eigenvalue weighted by Gasteiger charge is -2.27. The molecule has 0 aromatic rings. The van der Waals surface area contributed by atoms with Gasteiger partial charge in [-0.15, -0.1) is 0 Å². The van der Waals surface area contributed by atoms with Gasteiger partial charge >= 0.3 is 5.97 Å². The summed E-state index contributed by atoms with van der Waals surface area (Å²) in [6.07, 6.45) is 8.25. The molecule has 26 heavy (non-hydrogen) atoms. The van der Waals surface area contributed by atoms with E-state index in [0.717, 1.165) is 32.1 Å². The van der Waals surface area contributed by atoms with E-state index in [2.05, 4.69) is 5.32 Å². The van der Waals surface area contributed by atoms with Crippen molar-refractivity contribution in [2.75, 3.05) is 6.54 Å². The summed E-state index contributed by atoms with van der Waals surface area (Å²) in [7, 11) is 0. The molecule has 2 fully saturated rings. The number of allylic oxidation sites excluding steroid dienone is 1. The van der Waals surface area contributed by atoms with Gasteiger partial charge in [-0.2, -0.15) is 0 Å². The van der Waals surface area contributed by atoms with Gasteiger partial charge in [0.1, 0.15) is 11.6 Å². The van der Waals surface area contributed by atoms with Crippen molar-refractivity contribution >= 4 is 17.8 Å². The van der Waals surface area contributed by atoms with Crippen LogP contribution in [0.2, 0.25) is 0 Å². The number of rotatable bonds is 1. The number of hydrogen-bond acceptors (Lipinski definition) is 4. The van der Waals surface area contributed by atoms with Crippen LogP contribution in [0.25, 0.3) is 0 Å². The molecule has 2 heterocycles. The minimum atomic E-state index is -1.28. The van der Waals surface area contributed by atoms with Crippen molar-refractivity contribution in [1.82, 2.24) is 10.2 Å². The van der Waals surface area contributed by atoms with E-state index >= 15 is 0 Å². The molecule has 2 aliphatic heterocycles. The third kappa shape index (κ3) is 3.63. The lowest BCUT2D eigenvalue weighted by molar-refractivity contribution is -0.146. The smallest absolute Gasteiger partial charge is 0.330 e. The lowest BCUT2D eigenvalue weighted by Crippen LogP contribution is -2.53. The average Bonchev–Trinajstić information content (AvgIpc) is 3.14. The van der Waals surface area contributed by atoms with Gasteiger partial charge in [-0.1, -0.05) is 31.9 Å². The molecular formula is C19H28N2O5. The highest BCUT2D eigenvalue weighted by molar-refractivity contribution is 5.95. The van der Waals surface area contributed by atoms with Crippen LogP contribution >= 0.6 is 0 Å². The Labute approximate surface area is 153 Å². The predicted octanol–water partition coefficient (Wildman–Crippen LogP) is 1.06. The number of carboxylic acid groups (broad SMARTS) is 1. The Hall–Kier alpha value is -1.89. The maximum atomic E-state index is 12.8.